The van der Waals surface area contributed by atoms with Crippen molar-refractivity contribution in [2.75, 3.05) is 0 Å². The van der Waals surface area contributed by atoms with Gasteiger partial charge in [-0.05, 0) is 6.08 Å². The number of aliphatic imine (C=N–C) groups is 1. The Balaban J connectivity index is 2.48. The quantitative estimate of drug-likeness (QED) is 0.632. The molecule has 3 N–H and O–H groups in total. The van der Waals surface area contributed by atoms with Crippen LogP contribution < -0.4 is 0 Å². The Morgan fingerprint density at radius 3 is 2.93 bits per heavy atom. The molecular formula is C10H10N2O2. The molecule has 1 aromatic heterocycles. The Labute approximate surface area is 80.9 Å². The molecule has 2 heterocycles. The van der Waals surface area contributed by atoms with Crippen LogP contribution in [0, 0.1) is 0 Å². The Morgan fingerprint density at radius 1 is 1.36 bits per heavy atom. The molecule has 0 amide bonds. The fourth-order valence-corrected chi connectivity index (χ4v) is 1.30. The summed E-state index contributed by atoms with van der Waals surface area (Å²) in [6.07, 6.45) is 9.33. The molecule has 72 valence electrons. The number of allylic oxidation sites excluding steroid dienone is 3. The lowest BCUT2D eigenvalue weighted by atomic mass is 10.2. The van der Waals surface area contributed by atoms with Crippen LogP contribution >= 0.6 is 0 Å². The van der Waals surface area contributed by atoms with Gasteiger partial charge < -0.3 is 15.2 Å². The summed E-state index contributed by atoms with van der Waals surface area (Å²) < 4.78 is 0. The smallest absolute Gasteiger partial charge is 0.201 e. The molecule has 0 spiro atoms. The van der Waals surface area contributed by atoms with Crippen LogP contribution in [0.2, 0.25) is 0 Å². The Hall–Kier alpha value is -1.97. The molecule has 0 saturated heterocycles. The molecule has 0 bridgehead atoms. The van der Waals surface area contributed by atoms with Gasteiger partial charge in [0.2, 0.25) is 5.88 Å². The van der Waals surface area contributed by atoms with E-state index in [-0.39, 0.29) is 11.6 Å². The van der Waals surface area contributed by atoms with Crippen LogP contribution in [0.5, 0.6) is 11.6 Å². The van der Waals surface area contributed by atoms with Gasteiger partial charge in [-0.15, -0.1) is 0 Å². The molecule has 0 atom stereocenters. The van der Waals surface area contributed by atoms with E-state index in [1.165, 1.54) is 6.20 Å². The minimum atomic E-state index is -0.0683. The number of hydrogen-bond acceptors (Lipinski definition) is 3. The summed E-state index contributed by atoms with van der Waals surface area (Å²) in [5, 5.41) is 18.9. The third kappa shape index (κ3) is 1.42. The molecular weight excluding hydrogens is 180 g/mol. The van der Waals surface area contributed by atoms with E-state index in [1.54, 1.807) is 12.3 Å². The van der Waals surface area contributed by atoms with E-state index in [9.17, 15) is 10.2 Å². The molecule has 1 aliphatic heterocycles. The number of aromatic nitrogens is 1. The van der Waals surface area contributed by atoms with E-state index < -0.39 is 0 Å². The maximum Gasteiger partial charge on any atom is 0.201 e. The summed E-state index contributed by atoms with van der Waals surface area (Å²) in [5.74, 6) is -0.0672. The van der Waals surface area contributed by atoms with Crippen molar-refractivity contribution < 1.29 is 10.2 Å². The van der Waals surface area contributed by atoms with E-state index in [1.807, 2.05) is 12.2 Å². The van der Waals surface area contributed by atoms with Gasteiger partial charge in [-0.3, -0.25) is 4.99 Å². The van der Waals surface area contributed by atoms with Crippen LogP contribution in [0.1, 0.15) is 12.0 Å². The molecule has 0 unspecified atom stereocenters. The van der Waals surface area contributed by atoms with Crippen molar-refractivity contribution in [2.24, 2.45) is 4.99 Å². The van der Waals surface area contributed by atoms with Crippen LogP contribution in [0.25, 0.3) is 5.70 Å². The summed E-state index contributed by atoms with van der Waals surface area (Å²) in [5.41, 5.74) is 0.891. The fraction of sp³-hybridized carbons (Fsp3) is 0.100. The highest BCUT2D eigenvalue weighted by Crippen LogP contribution is 2.33. The largest absolute Gasteiger partial charge is 0.506 e. The third-order valence-corrected chi connectivity index (χ3v) is 1.96. The predicted molar refractivity (Wildman–Crippen MR) is 54.3 cm³/mol. The number of rotatable bonds is 1. The summed E-state index contributed by atoms with van der Waals surface area (Å²) in [6, 6.07) is 0. The molecule has 4 heteroatoms. The highest BCUT2D eigenvalue weighted by Gasteiger charge is 2.13. The molecule has 1 aliphatic rings. The second-order valence-corrected chi connectivity index (χ2v) is 2.92. The summed E-state index contributed by atoms with van der Waals surface area (Å²) in [7, 11) is 0. The van der Waals surface area contributed by atoms with Gasteiger partial charge in [0.05, 0.1) is 5.70 Å². The first-order valence-corrected chi connectivity index (χ1v) is 4.28. The second kappa shape index (κ2) is 3.41. The standard InChI is InChI=1S/C10H10N2O2/c13-8-6-12-10(14)9(8)7-4-2-1-3-5-11-7/h1-2,4-6,12-14H,3H2. The van der Waals surface area contributed by atoms with Crippen LogP contribution in [0.3, 0.4) is 0 Å². The zero-order chi connectivity index (χ0) is 9.97. The zero-order valence-electron chi connectivity index (χ0n) is 7.44. The molecule has 1 aromatic rings. The van der Waals surface area contributed by atoms with Gasteiger partial charge in [0.1, 0.15) is 11.3 Å². The number of nitrogens with zero attached hydrogens (tertiary/aromatic N) is 1. The lowest BCUT2D eigenvalue weighted by molar-refractivity contribution is 0.449. The van der Waals surface area contributed by atoms with Crippen molar-refractivity contribution in [3.8, 4) is 11.6 Å². The Bertz CT molecular complexity index is 408. The van der Waals surface area contributed by atoms with Crippen LogP contribution in [-0.4, -0.2) is 21.4 Å². The summed E-state index contributed by atoms with van der Waals surface area (Å²) >= 11 is 0. The van der Waals surface area contributed by atoms with Crippen molar-refractivity contribution in [1.82, 2.24) is 4.98 Å². The number of nitrogens with one attached hydrogen (secondary N) is 1. The van der Waals surface area contributed by atoms with E-state index in [4.69, 9.17) is 0 Å². The van der Waals surface area contributed by atoms with Crippen LogP contribution in [0.4, 0.5) is 0 Å². The second-order valence-electron chi connectivity index (χ2n) is 2.92. The lowest BCUT2D eigenvalue weighted by Gasteiger charge is -1.98. The Kier molecular flexibility index (Phi) is 2.10. The topological polar surface area (TPSA) is 68.6 Å². The van der Waals surface area contributed by atoms with Crippen LogP contribution in [0.15, 0.2) is 29.4 Å². The van der Waals surface area contributed by atoms with Gasteiger partial charge in [-0.25, -0.2) is 0 Å². The molecule has 2 rings (SSSR count). The monoisotopic (exact) mass is 190 g/mol. The molecule has 14 heavy (non-hydrogen) atoms. The molecule has 0 radical (unpaired) electrons. The average Bonchev–Trinajstić information content (AvgIpc) is 2.45. The van der Waals surface area contributed by atoms with Gasteiger partial charge in [0, 0.05) is 18.8 Å². The molecule has 4 nitrogen and oxygen atoms in total. The minimum absolute atomic E-state index is 0.00111. The molecule has 0 aliphatic carbocycles. The minimum Gasteiger partial charge on any atom is -0.506 e. The highest BCUT2D eigenvalue weighted by atomic mass is 16.3. The van der Waals surface area contributed by atoms with Gasteiger partial charge >= 0.3 is 0 Å². The van der Waals surface area contributed by atoms with E-state index in [2.05, 4.69) is 9.98 Å². The first-order chi connectivity index (χ1) is 6.79. The van der Waals surface area contributed by atoms with E-state index in [0.717, 1.165) is 6.42 Å². The number of H-pyrrole nitrogens is 1. The fourth-order valence-electron chi connectivity index (χ4n) is 1.30. The third-order valence-electron chi connectivity index (χ3n) is 1.96. The number of aromatic hydroxyl groups is 2. The van der Waals surface area contributed by atoms with Gasteiger partial charge in [0.25, 0.3) is 0 Å². The number of aromatic amines is 1. The van der Waals surface area contributed by atoms with E-state index in [0.29, 0.717) is 11.3 Å². The summed E-state index contributed by atoms with van der Waals surface area (Å²) in [4.78, 5) is 6.64. The van der Waals surface area contributed by atoms with E-state index >= 15 is 0 Å². The molecule has 0 aromatic carbocycles. The highest BCUT2D eigenvalue weighted by molar-refractivity contribution is 5.81. The van der Waals surface area contributed by atoms with Crippen LogP contribution in [-0.2, 0) is 0 Å². The van der Waals surface area contributed by atoms with Crippen molar-refractivity contribution in [2.45, 2.75) is 6.42 Å². The van der Waals surface area contributed by atoms with Gasteiger partial charge in [-0.2, -0.15) is 0 Å². The van der Waals surface area contributed by atoms with Crippen molar-refractivity contribution in [1.29, 1.82) is 0 Å². The maximum absolute atomic E-state index is 9.45. The first kappa shape index (κ1) is 8.62. The van der Waals surface area contributed by atoms with Crippen molar-refractivity contribution in [3.05, 3.63) is 30.0 Å². The SMILES string of the molecule is Oc1c[nH]c(O)c1C1=CC=CCC=N1. The number of hydrogen-bond donors (Lipinski definition) is 3. The van der Waals surface area contributed by atoms with Gasteiger partial charge in [0.15, 0.2) is 0 Å². The van der Waals surface area contributed by atoms with Crippen molar-refractivity contribution >= 4 is 11.9 Å². The maximum atomic E-state index is 9.45. The lowest BCUT2D eigenvalue weighted by Crippen LogP contribution is -1.79. The summed E-state index contributed by atoms with van der Waals surface area (Å²) in [6.45, 7) is 0. The predicted octanol–water partition coefficient (Wildman–Crippen LogP) is 1.80. The average molecular weight is 190 g/mol. The molecule has 0 saturated carbocycles. The zero-order valence-corrected chi connectivity index (χ0v) is 7.44. The molecule has 0 fully saturated rings. The van der Waals surface area contributed by atoms with Gasteiger partial charge in [-0.1, -0.05) is 12.2 Å². The Morgan fingerprint density at radius 2 is 2.21 bits per heavy atom. The van der Waals surface area contributed by atoms with Crippen molar-refractivity contribution in [3.63, 3.8) is 0 Å². The first-order valence-electron chi connectivity index (χ1n) is 4.28. The normalized spacial score (nSPS) is 15.3.